The predicted octanol–water partition coefficient (Wildman–Crippen LogP) is 1.14. The van der Waals surface area contributed by atoms with E-state index < -0.39 is 9.84 Å². The van der Waals surface area contributed by atoms with Gasteiger partial charge in [-0.2, -0.15) is 0 Å². The van der Waals surface area contributed by atoms with Gasteiger partial charge in [-0.3, -0.25) is 0 Å². The number of thiocarbonyl (C=S) groups is 1. The molecule has 94 valence electrons. The molecule has 0 unspecified atom stereocenters. The van der Waals surface area contributed by atoms with E-state index in [0.717, 1.165) is 0 Å². The third-order valence-corrected chi connectivity index (χ3v) is 4.00. The quantitative estimate of drug-likeness (QED) is 0.801. The summed E-state index contributed by atoms with van der Waals surface area (Å²) < 4.78 is 28.5. The van der Waals surface area contributed by atoms with Crippen molar-refractivity contribution in [2.24, 2.45) is 5.73 Å². The Morgan fingerprint density at radius 3 is 2.65 bits per heavy atom. The van der Waals surface area contributed by atoms with Crippen molar-refractivity contribution < 1.29 is 13.2 Å². The number of sulfone groups is 1. The molecule has 0 fully saturated rings. The zero-order valence-electron chi connectivity index (χ0n) is 9.56. The Morgan fingerprint density at radius 2 is 2.18 bits per heavy atom. The van der Waals surface area contributed by atoms with Crippen LogP contribution in [0.2, 0.25) is 0 Å². The molecule has 1 aromatic rings. The second kappa shape index (κ2) is 5.33. The highest BCUT2D eigenvalue weighted by Crippen LogP contribution is 2.27. The molecule has 0 aliphatic rings. The Bertz CT molecular complexity index is 526. The van der Waals surface area contributed by atoms with E-state index in [1.807, 2.05) is 0 Å². The van der Waals surface area contributed by atoms with E-state index in [0.29, 0.717) is 11.4 Å². The first-order chi connectivity index (χ1) is 7.90. The molecule has 0 saturated carbocycles. The number of hydrogen-bond acceptors (Lipinski definition) is 4. The van der Waals surface area contributed by atoms with E-state index >= 15 is 0 Å². The summed E-state index contributed by atoms with van der Waals surface area (Å²) in [5.74, 6) is 0.513. The molecule has 0 saturated heterocycles. The van der Waals surface area contributed by atoms with E-state index in [2.05, 4.69) is 5.32 Å². The first-order valence-electron chi connectivity index (χ1n) is 4.88. The summed E-state index contributed by atoms with van der Waals surface area (Å²) in [6, 6.07) is 4.50. The number of nitrogens with two attached hydrogens (primary N) is 1. The van der Waals surface area contributed by atoms with Crippen LogP contribution in [0, 0.1) is 0 Å². The van der Waals surface area contributed by atoms with Gasteiger partial charge in [-0.05, 0) is 30.4 Å². The Labute approximate surface area is 106 Å². The second-order valence-electron chi connectivity index (χ2n) is 3.25. The number of benzene rings is 1. The second-order valence-corrected chi connectivity index (χ2v) is 5.97. The van der Waals surface area contributed by atoms with Crippen LogP contribution in [0.5, 0.6) is 5.75 Å². The van der Waals surface area contributed by atoms with Gasteiger partial charge in [0.2, 0.25) is 0 Å². The van der Waals surface area contributed by atoms with Crippen molar-refractivity contribution in [2.45, 2.75) is 11.8 Å². The lowest BCUT2D eigenvalue weighted by atomic mass is 10.3. The fourth-order valence-electron chi connectivity index (χ4n) is 1.28. The number of ether oxygens (including phenoxy) is 1. The first kappa shape index (κ1) is 13.7. The molecule has 3 N–H and O–H groups in total. The van der Waals surface area contributed by atoms with E-state index in [4.69, 9.17) is 22.7 Å². The van der Waals surface area contributed by atoms with Crippen LogP contribution < -0.4 is 15.8 Å². The van der Waals surface area contributed by atoms with Gasteiger partial charge in [-0.1, -0.05) is 6.92 Å². The van der Waals surface area contributed by atoms with Crippen LogP contribution in [0.15, 0.2) is 23.1 Å². The molecule has 1 aromatic carbocycles. The largest absolute Gasteiger partial charge is 0.495 e. The minimum Gasteiger partial charge on any atom is -0.495 e. The molecule has 0 aliphatic heterocycles. The fraction of sp³-hybridized carbons (Fsp3) is 0.300. The van der Waals surface area contributed by atoms with Crippen molar-refractivity contribution in [3.63, 3.8) is 0 Å². The number of rotatable bonds is 4. The van der Waals surface area contributed by atoms with Crippen molar-refractivity contribution in [3.8, 4) is 5.75 Å². The molecule has 0 aromatic heterocycles. The van der Waals surface area contributed by atoms with Crippen LogP contribution >= 0.6 is 12.2 Å². The molecular weight excluding hydrogens is 260 g/mol. The van der Waals surface area contributed by atoms with Gasteiger partial charge in [-0.15, -0.1) is 0 Å². The third-order valence-electron chi connectivity index (χ3n) is 2.17. The zero-order chi connectivity index (χ0) is 13.1. The molecule has 1 rings (SSSR count). The topological polar surface area (TPSA) is 81.4 Å². The van der Waals surface area contributed by atoms with Gasteiger partial charge in [0.05, 0.1) is 23.4 Å². The highest BCUT2D eigenvalue weighted by Gasteiger charge is 2.14. The average molecular weight is 274 g/mol. The molecule has 0 spiro atoms. The van der Waals surface area contributed by atoms with Gasteiger partial charge in [0, 0.05) is 0 Å². The molecule has 7 heteroatoms. The molecule has 0 amide bonds. The van der Waals surface area contributed by atoms with Gasteiger partial charge < -0.3 is 15.8 Å². The Balaban J connectivity index is 3.27. The number of hydrogen-bond donors (Lipinski definition) is 2. The molecule has 0 radical (unpaired) electrons. The molecule has 0 aliphatic carbocycles. The molecule has 17 heavy (non-hydrogen) atoms. The first-order valence-corrected chi connectivity index (χ1v) is 6.94. The monoisotopic (exact) mass is 274 g/mol. The highest BCUT2D eigenvalue weighted by atomic mass is 32.2. The van der Waals surface area contributed by atoms with Gasteiger partial charge in [0.1, 0.15) is 5.75 Å². The van der Waals surface area contributed by atoms with E-state index in [-0.39, 0.29) is 15.8 Å². The SMILES string of the molecule is CCS(=O)(=O)c1ccc(OC)c(NC(N)=S)c1. The lowest BCUT2D eigenvalue weighted by Gasteiger charge is -2.11. The molecule has 5 nitrogen and oxygen atoms in total. The van der Waals surface area contributed by atoms with Crippen molar-refractivity contribution in [2.75, 3.05) is 18.2 Å². The van der Waals surface area contributed by atoms with Crippen LogP contribution in [-0.2, 0) is 9.84 Å². The van der Waals surface area contributed by atoms with Crippen LogP contribution in [-0.4, -0.2) is 26.4 Å². The minimum absolute atomic E-state index is 0.0336. The summed E-state index contributed by atoms with van der Waals surface area (Å²) in [7, 11) is -1.78. The maximum Gasteiger partial charge on any atom is 0.178 e. The number of anilines is 1. The Hall–Kier alpha value is -1.34. The van der Waals surface area contributed by atoms with Crippen LogP contribution in [0.3, 0.4) is 0 Å². The highest BCUT2D eigenvalue weighted by molar-refractivity contribution is 7.91. The smallest absolute Gasteiger partial charge is 0.178 e. The zero-order valence-corrected chi connectivity index (χ0v) is 11.2. The standard InChI is InChI=1S/C10H14N2O3S2/c1-3-17(13,14)7-4-5-9(15-2)8(6-7)12-10(11)16/h4-6H,3H2,1-2H3,(H3,11,12,16). The third kappa shape index (κ3) is 3.31. The lowest BCUT2D eigenvalue weighted by molar-refractivity contribution is 0.416. The van der Waals surface area contributed by atoms with Crippen molar-refractivity contribution in [1.29, 1.82) is 0 Å². The van der Waals surface area contributed by atoms with Gasteiger partial charge in [0.15, 0.2) is 14.9 Å². The fourth-order valence-corrected chi connectivity index (χ4v) is 2.29. The van der Waals surface area contributed by atoms with Crippen molar-refractivity contribution in [3.05, 3.63) is 18.2 Å². The Kier molecular flexibility index (Phi) is 4.30. The summed E-state index contributed by atoms with van der Waals surface area (Å²) in [5.41, 5.74) is 5.79. The van der Waals surface area contributed by atoms with E-state index in [9.17, 15) is 8.42 Å². The molecule has 0 heterocycles. The van der Waals surface area contributed by atoms with Gasteiger partial charge >= 0.3 is 0 Å². The minimum atomic E-state index is -3.26. The molecular formula is C10H14N2O3S2. The maximum absolute atomic E-state index is 11.7. The van der Waals surface area contributed by atoms with Crippen LogP contribution in [0.25, 0.3) is 0 Å². The van der Waals surface area contributed by atoms with E-state index in [1.54, 1.807) is 13.0 Å². The lowest BCUT2D eigenvalue weighted by Crippen LogP contribution is -2.19. The van der Waals surface area contributed by atoms with E-state index in [1.165, 1.54) is 19.2 Å². The van der Waals surface area contributed by atoms with Crippen molar-refractivity contribution >= 4 is 32.9 Å². The molecule has 0 bridgehead atoms. The summed E-state index contributed by atoms with van der Waals surface area (Å²) in [5, 5.41) is 2.73. The number of nitrogens with one attached hydrogen (secondary N) is 1. The predicted molar refractivity (Wildman–Crippen MR) is 71.1 cm³/mol. The molecule has 0 atom stereocenters. The van der Waals surface area contributed by atoms with Gasteiger partial charge in [-0.25, -0.2) is 8.42 Å². The van der Waals surface area contributed by atoms with Crippen LogP contribution in [0.4, 0.5) is 5.69 Å². The maximum atomic E-state index is 11.7. The summed E-state index contributed by atoms with van der Waals surface area (Å²) in [6.07, 6.45) is 0. The summed E-state index contributed by atoms with van der Waals surface area (Å²) in [6.45, 7) is 1.58. The Morgan fingerprint density at radius 1 is 1.53 bits per heavy atom. The summed E-state index contributed by atoms with van der Waals surface area (Å²) in [4.78, 5) is 0.208. The van der Waals surface area contributed by atoms with Crippen molar-refractivity contribution in [1.82, 2.24) is 0 Å². The average Bonchev–Trinajstić information content (AvgIpc) is 2.28. The number of methoxy groups -OCH3 is 1. The normalized spacial score (nSPS) is 10.9. The summed E-state index contributed by atoms with van der Waals surface area (Å²) >= 11 is 4.71. The van der Waals surface area contributed by atoms with Crippen LogP contribution in [0.1, 0.15) is 6.92 Å². The van der Waals surface area contributed by atoms with Gasteiger partial charge in [0.25, 0.3) is 0 Å².